The summed E-state index contributed by atoms with van der Waals surface area (Å²) in [5.74, 6) is 1.92. The quantitative estimate of drug-likeness (QED) is 0.162. The number of hydrogen-bond acceptors (Lipinski definition) is 4. The lowest BCUT2D eigenvalue weighted by Crippen LogP contribution is -2.00. The van der Waals surface area contributed by atoms with E-state index >= 15 is 0 Å². The Morgan fingerprint density at radius 3 is 1.41 bits per heavy atom. The highest BCUT2D eigenvalue weighted by Gasteiger charge is 2.16. The zero-order chi connectivity index (χ0) is 39.1. The van der Waals surface area contributed by atoms with Crippen molar-refractivity contribution in [2.45, 2.75) is 0 Å². The Kier molecular flexibility index (Phi) is 8.68. The van der Waals surface area contributed by atoms with Gasteiger partial charge in [-0.3, -0.25) is 0 Å². The molecule has 3 nitrogen and oxygen atoms in total. The maximum atomic E-state index is 5.07. The highest BCUT2D eigenvalue weighted by atomic mass is 32.1. The first-order chi connectivity index (χ1) is 29.2. The van der Waals surface area contributed by atoms with Crippen LogP contribution in [0.2, 0.25) is 0 Å². The van der Waals surface area contributed by atoms with Crippen LogP contribution in [0.15, 0.2) is 212 Å². The van der Waals surface area contributed by atoms with Crippen molar-refractivity contribution in [3.05, 3.63) is 212 Å². The van der Waals surface area contributed by atoms with Gasteiger partial charge < -0.3 is 0 Å². The molecular weight excluding hydrogens is 735 g/mol. The highest BCUT2D eigenvalue weighted by Crippen LogP contribution is 2.43. The molecule has 0 N–H and O–H groups in total. The molecule has 0 atom stereocenters. The van der Waals surface area contributed by atoms with Crippen LogP contribution >= 0.6 is 11.3 Å². The Labute approximate surface area is 346 Å². The fraction of sp³-hybridized carbons (Fsp3) is 0. The van der Waals surface area contributed by atoms with Crippen LogP contribution < -0.4 is 0 Å². The zero-order valence-corrected chi connectivity index (χ0v) is 32.8. The van der Waals surface area contributed by atoms with E-state index in [0.717, 1.165) is 38.9 Å². The van der Waals surface area contributed by atoms with Crippen molar-refractivity contribution in [1.29, 1.82) is 0 Å². The molecule has 0 saturated carbocycles. The van der Waals surface area contributed by atoms with E-state index in [1.54, 1.807) is 0 Å². The number of fused-ring (bicyclic) bond motifs is 5. The normalized spacial score (nSPS) is 11.4. The second kappa shape index (κ2) is 14.8. The van der Waals surface area contributed by atoms with E-state index in [2.05, 4.69) is 176 Å². The van der Waals surface area contributed by atoms with Gasteiger partial charge in [0.25, 0.3) is 0 Å². The number of thiophene rings is 1. The van der Waals surface area contributed by atoms with Gasteiger partial charge >= 0.3 is 0 Å². The van der Waals surface area contributed by atoms with Gasteiger partial charge in [-0.2, -0.15) is 0 Å². The molecule has 276 valence electrons. The third kappa shape index (κ3) is 6.56. The molecule has 0 unspecified atom stereocenters. The molecule has 2 heterocycles. The van der Waals surface area contributed by atoms with Crippen LogP contribution in [0.5, 0.6) is 0 Å². The molecule has 0 spiro atoms. The van der Waals surface area contributed by atoms with Crippen LogP contribution in [-0.2, 0) is 0 Å². The Balaban J connectivity index is 0.948. The van der Waals surface area contributed by atoms with E-state index in [4.69, 9.17) is 15.0 Å². The molecule has 0 saturated heterocycles. The second-order valence-electron chi connectivity index (χ2n) is 14.8. The van der Waals surface area contributed by atoms with Gasteiger partial charge in [-0.15, -0.1) is 11.3 Å². The van der Waals surface area contributed by atoms with Gasteiger partial charge in [0, 0.05) is 36.9 Å². The van der Waals surface area contributed by atoms with Crippen molar-refractivity contribution >= 4 is 42.3 Å². The lowest BCUT2D eigenvalue weighted by atomic mass is 9.95. The molecule has 9 aromatic carbocycles. The van der Waals surface area contributed by atoms with Gasteiger partial charge in [-0.1, -0.05) is 188 Å². The summed E-state index contributed by atoms with van der Waals surface area (Å²) in [6.45, 7) is 0. The summed E-state index contributed by atoms with van der Waals surface area (Å²) in [6, 6.07) is 75.2. The van der Waals surface area contributed by atoms with Crippen molar-refractivity contribution in [3.8, 4) is 78.7 Å². The molecule has 4 heteroatoms. The molecule has 2 aromatic heterocycles. The molecule has 0 aliphatic rings. The van der Waals surface area contributed by atoms with E-state index in [-0.39, 0.29) is 0 Å². The number of benzene rings is 9. The van der Waals surface area contributed by atoms with E-state index < -0.39 is 0 Å². The maximum absolute atomic E-state index is 5.07. The van der Waals surface area contributed by atoms with Gasteiger partial charge in [0.1, 0.15) is 0 Å². The standard InChI is InChI=1S/C55H35N3S/c1-3-13-36(14-4-1)37-27-29-40(30-28-37)54-56-53(39-16-5-2-6-17-39)57-55(58-54)46-23-11-21-44(35-46)42-19-9-18-41(33-42)43-20-10-22-45(34-43)48-25-12-26-49-51-47-24-8-7-15-38(47)31-32-50(51)59-52(48)49/h1-35H. The average molecular weight is 770 g/mol. The first-order valence-electron chi connectivity index (χ1n) is 19.8. The number of nitrogens with zero attached hydrogens (tertiary/aromatic N) is 3. The molecule has 11 rings (SSSR count). The van der Waals surface area contributed by atoms with Gasteiger partial charge in [0.05, 0.1) is 0 Å². The van der Waals surface area contributed by atoms with E-state index in [9.17, 15) is 0 Å². The molecule has 11 aromatic rings. The fourth-order valence-electron chi connectivity index (χ4n) is 8.17. The molecule has 0 aliphatic heterocycles. The number of aromatic nitrogens is 3. The van der Waals surface area contributed by atoms with Crippen molar-refractivity contribution in [1.82, 2.24) is 15.0 Å². The van der Waals surface area contributed by atoms with Gasteiger partial charge in [-0.25, -0.2) is 15.0 Å². The topological polar surface area (TPSA) is 38.7 Å². The lowest BCUT2D eigenvalue weighted by Gasteiger charge is -2.11. The molecule has 0 fully saturated rings. The summed E-state index contributed by atoms with van der Waals surface area (Å²) in [5.41, 5.74) is 12.2. The Morgan fingerprint density at radius 2 is 0.729 bits per heavy atom. The van der Waals surface area contributed by atoms with E-state index in [1.165, 1.54) is 53.2 Å². The number of hydrogen-bond donors (Lipinski definition) is 0. The minimum atomic E-state index is 0.634. The Morgan fingerprint density at radius 1 is 0.288 bits per heavy atom. The third-order valence-electron chi connectivity index (χ3n) is 11.1. The van der Waals surface area contributed by atoms with E-state index in [1.807, 2.05) is 47.7 Å². The van der Waals surface area contributed by atoms with Crippen LogP contribution in [0, 0.1) is 0 Å². The first kappa shape index (κ1) is 34.7. The van der Waals surface area contributed by atoms with Crippen molar-refractivity contribution < 1.29 is 0 Å². The SMILES string of the molecule is c1ccc(-c2ccc(-c3nc(-c4ccccc4)nc(-c4cccc(-c5cccc(-c6cccc(-c7cccc8c7sc7ccc9ccccc9c78)c6)c5)c4)n3)cc2)cc1. The van der Waals surface area contributed by atoms with Gasteiger partial charge in [0.15, 0.2) is 17.5 Å². The molecule has 0 aliphatic carbocycles. The lowest BCUT2D eigenvalue weighted by molar-refractivity contribution is 1.07. The van der Waals surface area contributed by atoms with Crippen LogP contribution in [-0.4, -0.2) is 15.0 Å². The monoisotopic (exact) mass is 769 g/mol. The molecule has 59 heavy (non-hydrogen) atoms. The average Bonchev–Trinajstić information content (AvgIpc) is 3.72. The molecule has 0 radical (unpaired) electrons. The third-order valence-corrected chi connectivity index (χ3v) is 12.3. The summed E-state index contributed by atoms with van der Waals surface area (Å²) in [7, 11) is 0. The predicted octanol–water partition coefficient (Wildman–Crippen LogP) is 15.1. The first-order valence-corrected chi connectivity index (χ1v) is 20.7. The van der Waals surface area contributed by atoms with Crippen LogP contribution in [0.3, 0.4) is 0 Å². The molecule has 0 amide bonds. The van der Waals surface area contributed by atoms with Crippen molar-refractivity contribution in [2.24, 2.45) is 0 Å². The van der Waals surface area contributed by atoms with E-state index in [0.29, 0.717) is 17.5 Å². The summed E-state index contributed by atoms with van der Waals surface area (Å²) in [5, 5.41) is 5.24. The summed E-state index contributed by atoms with van der Waals surface area (Å²) in [4.78, 5) is 15.1. The minimum Gasteiger partial charge on any atom is -0.208 e. The highest BCUT2D eigenvalue weighted by molar-refractivity contribution is 7.26. The molecular formula is C55H35N3S. The van der Waals surface area contributed by atoms with Crippen LogP contribution in [0.4, 0.5) is 0 Å². The smallest absolute Gasteiger partial charge is 0.164 e. The minimum absolute atomic E-state index is 0.634. The maximum Gasteiger partial charge on any atom is 0.164 e. The number of rotatable bonds is 7. The fourth-order valence-corrected chi connectivity index (χ4v) is 9.42. The predicted molar refractivity (Wildman–Crippen MR) is 248 cm³/mol. The second-order valence-corrected chi connectivity index (χ2v) is 15.9. The molecule has 0 bridgehead atoms. The summed E-state index contributed by atoms with van der Waals surface area (Å²) in [6.07, 6.45) is 0. The van der Waals surface area contributed by atoms with Crippen LogP contribution in [0.25, 0.3) is 110 Å². The summed E-state index contributed by atoms with van der Waals surface area (Å²) < 4.78 is 2.64. The van der Waals surface area contributed by atoms with Crippen molar-refractivity contribution in [2.75, 3.05) is 0 Å². The van der Waals surface area contributed by atoms with Gasteiger partial charge in [0.2, 0.25) is 0 Å². The summed E-state index contributed by atoms with van der Waals surface area (Å²) >= 11 is 1.88. The largest absolute Gasteiger partial charge is 0.208 e. The Hall–Kier alpha value is -7.53. The van der Waals surface area contributed by atoms with Crippen molar-refractivity contribution in [3.63, 3.8) is 0 Å². The Bertz CT molecular complexity index is 3320. The van der Waals surface area contributed by atoms with Crippen LogP contribution in [0.1, 0.15) is 0 Å². The zero-order valence-electron chi connectivity index (χ0n) is 32.0. The van der Waals surface area contributed by atoms with Gasteiger partial charge in [-0.05, 0) is 79.5 Å².